The lowest BCUT2D eigenvalue weighted by Gasteiger charge is -1.88. The lowest BCUT2D eigenvalue weighted by Crippen LogP contribution is -2.26. The fraction of sp³-hybridized carbons (Fsp3) is 0. The molecule has 0 N–H and O–H groups in total. The van der Waals surface area contributed by atoms with E-state index in [2.05, 4.69) is 4.99 Å². The van der Waals surface area contributed by atoms with Gasteiger partial charge in [-0.15, -0.1) is 0 Å². The molecule has 1 aliphatic rings. The van der Waals surface area contributed by atoms with Crippen molar-refractivity contribution in [3.05, 3.63) is 34.3 Å². The minimum absolute atomic E-state index is 0.0556. The van der Waals surface area contributed by atoms with Crippen molar-refractivity contribution in [1.29, 1.82) is 0 Å². The van der Waals surface area contributed by atoms with E-state index in [9.17, 15) is 13.6 Å². The highest BCUT2D eigenvalue weighted by Gasteiger charge is 2.10. The van der Waals surface area contributed by atoms with Gasteiger partial charge in [-0.2, -0.15) is 0 Å². The van der Waals surface area contributed by atoms with Crippen LogP contribution in [-0.2, 0) is 4.79 Å². The quantitative estimate of drug-likeness (QED) is 0.530. The van der Waals surface area contributed by atoms with E-state index in [0.29, 0.717) is 0 Å². The van der Waals surface area contributed by atoms with Gasteiger partial charge >= 0.3 is 0 Å². The maximum absolute atomic E-state index is 12.9. The Morgan fingerprint density at radius 2 is 2.00 bits per heavy atom. The number of halogens is 2. The molecule has 0 bridgehead atoms. The van der Waals surface area contributed by atoms with Crippen LogP contribution in [0.2, 0.25) is 0 Å². The van der Waals surface area contributed by atoms with Gasteiger partial charge in [0.05, 0.1) is 5.36 Å². The predicted molar refractivity (Wildman–Crippen MR) is 36.6 cm³/mol. The third kappa shape index (κ3) is 0.845. The average Bonchev–Trinajstić information content (AvgIpc) is 2.39. The first-order valence-corrected chi connectivity index (χ1v) is 3.27. The summed E-state index contributed by atoms with van der Waals surface area (Å²) in [5, 5.41) is 0.138. The SMILES string of the molecule is O=C1C=c2c(F)c(F)ccc2=N1. The van der Waals surface area contributed by atoms with Crippen molar-refractivity contribution < 1.29 is 13.6 Å². The molecule has 1 aliphatic heterocycles. The summed E-state index contributed by atoms with van der Waals surface area (Å²) in [6, 6.07) is 2.22. The van der Waals surface area contributed by atoms with Crippen LogP contribution in [0.1, 0.15) is 0 Å². The van der Waals surface area contributed by atoms with Gasteiger partial charge in [0.2, 0.25) is 0 Å². The standard InChI is InChI=1S/C8H3F2NO/c9-5-1-2-6-4(8(5)10)3-7(12)11-6/h1-3H. The molecule has 4 heteroatoms. The minimum atomic E-state index is -1.01. The van der Waals surface area contributed by atoms with E-state index in [0.717, 1.165) is 12.1 Å². The predicted octanol–water partition coefficient (Wildman–Crippen LogP) is -0.0949. The van der Waals surface area contributed by atoms with Crippen molar-refractivity contribution in [2.24, 2.45) is 4.99 Å². The Morgan fingerprint density at radius 1 is 1.25 bits per heavy atom. The van der Waals surface area contributed by atoms with Crippen LogP contribution in [0.25, 0.3) is 6.08 Å². The average molecular weight is 167 g/mol. The smallest absolute Gasteiger partial charge is 0.267 e. The molecular weight excluding hydrogens is 164 g/mol. The zero-order chi connectivity index (χ0) is 8.72. The normalized spacial score (nSPS) is 13.7. The fourth-order valence-corrected chi connectivity index (χ4v) is 1.07. The summed E-state index contributed by atoms with van der Waals surface area (Å²) >= 11 is 0. The maximum atomic E-state index is 12.9. The number of nitrogens with zero attached hydrogens (tertiary/aromatic N) is 1. The summed E-state index contributed by atoms with van der Waals surface area (Å²) in [7, 11) is 0. The first-order chi connectivity index (χ1) is 5.68. The molecule has 2 nitrogen and oxygen atoms in total. The van der Waals surface area contributed by atoms with E-state index in [1.54, 1.807) is 0 Å². The zero-order valence-electron chi connectivity index (χ0n) is 5.84. The lowest BCUT2D eigenvalue weighted by molar-refractivity contribution is -0.112. The second kappa shape index (κ2) is 2.20. The molecule has 1 aromatic carbocycles. The molecule has 0 unspecified atom stereocenters. The van der Waals surface area contributed by atoms with Crippen LogP contribution in [0.15, 0.2) is 17.1 Å². The van der Waals surface area contributed by atoms with E-state index < -0.39 is 17.5 Å². The summed E-state index contributed by atoms with van der Waals surface area (Å²) in [6.07, 6.45) is 0.980. The molecule has 2 rings (SSSR count). The molecule has 0 saturated heterocycles. The molecule has 0 spiro atoms. The van der Waals surface area contributed by atoms with Crippen molar-refractivity contribution in [1.82, 2.24) is 0 Å². The van der Waals surface area contributed by atoms with Gasteiger partial charge < -0.3 is 0 Å². The Balaban J connectivity index is 2.96. The Labute approximate surface area is 65.9 Å². The van der Waals surface area contributed by atoms with Crippen LogP contribution in [0.4, 0.5) is 8.78 Å². The number of hydrogen-bond donors (Lipinski definition) is 0. The van der Waals surface area contributed by atoms with Gasteiger partial charge in [0.1, 0.15) is 0 Å². The molecule has 1 heterocycles. The molecule has 0 saturated carbocycles. The Bertz CT molecular complexity index is 479. The van der Waals surface area contributed by atoms with Gasteiger partial charge in [0, 0.05) is 11.3 Å². The highest BCUT2D eigenvalue weighted by atomic mass is 19.2. The van der Waals surface area contributed by atoms with Gasteiger partial charge in [0.25, 0.3) is 5.91 Å². The molecule has 12 heavy (non-hydrogen) atoms. The first-order valence-electron chi connectivity index (χ1n) is 3.27. The Hall–Kier alpha value is -1.58. The molecule has 0 fully saturated rings. The summed E-state index contributed by atoms with van der Waals surface area (Å²) in [4.78, 5) is 14.1. The molecule has 0 aromatic heterocycles. The number of rotatable bonds is 0. The molecule has 1 amide bonds. The number of fused-ring (bicyclic) bond motifs is 1. The summed E-state index contributed by atoms with van der Waals surface area (Å²) < 4.78 is 25.4. The van der Waals surface area contributed by atoms with E-state index in [4.69, 9.17) is 0 Å². The number of amides is 1. The van der Waals surface area contributed by atoms with Crippen molar-refractivity contribution in [2.45, 2.75) is 0 Å². The molecule has 0 atom stereocenters. The third-order valence-electron chi connectivity index (χ3n) is 1.61. The Kier molecular flexibility index (Phi) is 1.30. The second-order valence-electron chi connectivity index (χ2n) is 2.39. The maximum Gasteiger partial charge on any atom is 0.271 e. The van der Waals surface area contributed by atoms with Crippen LogP contribution >= 0.6 is 0 Å². The van der Waals surface area contributed by atoms with Crippen molar-refractivity contribution in [3.63, 3.8) is 0 Å². The summed E-state index contributed by atoms with van der Waals surface area (Å²) in [5.74, 6) is -2.52. The number of hydrogen-bond acceptors (Lipinski definition) is 1. The monoisotopic (exact) mass is 167 g/mol. The second-order valence-corrected chi connectivity index (χ2v) is 2.39. The van der Waals surface area contributed by atoms with Crippen molar-refractivity contribution >= 4 is 12.0 Å². The van der Waals surface area contributed by atoms with Crippen LogP contribution in [0, 0.1) is 11.6 Å². The minimum Gasteiger partial charge on any atom is -0.267 e. The van der Waals surface area contributed by atoms with Crippen molar-refractivity contribution in [2.75, 3.05) is 0 Å². The fourth-order valence-electron chi connectivity index (χ4n) is 1.07. The molecule has 0 radical (unpaired) electrons. The largest absolute Gasteiger partial charge is 0.271 e. The van der Waals surface area contributed by atoms with E-state index in [1.807, 2.05) is 0 Å². The van der Waals surface area contributed by atoms with Gasteiger partial charge in [-0.25, -0.2) is 13.8 Å². The van der Waals surface area contributed by atoms with E-state index in [-0.39, 0.29) is 10.6 Å². The van der Waals surface area contributed by atoms with Crippen molar-refractivity contribution in [3.8, 4) is 0 Å². The van der Waals surface area contributed by atoms with E-state index >= 15 is 0 Å². The van der Waals surface area contributed by atoms with E-state index in [1.165, 1.54) is 6.07 Å². The van der Waals surface area contributed by atoms with Crippen LogP contribution in [-0.4, -0.2) is 5.91 Å². The molecule has 0 aliphatic carbocycles. The highest BCUT2D eigenvalue weighted by Crippen LogP contribution is 1.97. The Morgan fingerprint density at radius 3 is 2.75 bits per heavy atom. The third-order valence-corrected chi connectivity index (χ3v) is 1.61. The van der Waals surface area contributed by atoms with Crippen LogP contribution in [0.3, 0.4) is 0 Å². The van der Waals surface area contributed by atoms with Crippen LogP contribution in [0.5, 0.6) is 0 Å². The highest BCUT2D eigenvalue weighted by molar-refractivity contribution is 6.06. The number of carbonyl (C=O) groups excluding carboxylic acids is 1. The zero-order valence-corrected chi connectivity index (χ0v) is 5.84. The molecule has 60 valence electrons. The summed E-state index contributed by atoms with van der Waals surface area (Å²) in [6.45, 7) is 0. The van der Waals surface area contributed by atoms with Gasteiger partial charge in [-0.3, -0.25) is 4.79 Å². The van der Waals surface area contributed by atoms with Gasteiger partial charge in [-0.1, -0.05) is 0 Å². The molecular formula is C8H3F2NO. The number of benzene rings is 1. The van der Waals surface area contributed by atoms with Gasteiger partial charge in [-0.05, 0) is 12.1 Å². The summed E-state index contributed by atoms with van der Waals surface area (Å²) in [5.41, 5.74) is 0. The molecule has 1 aromatic rings. The lowest BCUT2D eigenvalue weighted by atomic mass is 10.2. The van der Waals surface area contributed by atoms with Crippen LogP contribution < -0.4 is 10.6 Å². The topological polar surface area (TPSA) is 29.4 Å². The first kappa shape index (κ1) is 7.09. The van der Waals surface area contributed by atoms with Gasteiger partial charge in [0.15, 0.2) is 11.6 Å². The number of carbonyl (C=O) groups is 1.